The summed E-state index contributed by atoms with van der Waals surface area (Å²) in [6.07, 6.45) is 18.7. The molecule has 0 saturated heterocycles. The Morgan fingerprint density at radius 2 is 1.25 bits per heavy atom. The van der Waals surface area contributed by atoms with Crippen molar-refractivity contribution < 1.29 is 20.1 Å². The van der Waals surface area contributed by atoms with Gasteiger partial charge in [-0.25, -0.2) is 0 Å². The highest BCUT2D eigenvalue weighted by Gasteiger charge is 2.14. The standard InChI is InChI=1S/C26H40N2O4S4/c1-2-3-4-5-6-7-8-9-10-11-12-13-14-15-16-33-22-17-21(30)23(18-20(22)29)35-26-28-27-25(36-26)34-19-24(31)32/h17-18,29-30H,2-16,19H2,1H3,(H,31,32). The Bertz CT molecular complexity index is 895. The van der Waals surface area contributed by atoms with Crippen LogP contribution in [0.25, 0.3) is 0 Å². The van der Waals surface area contributed by atoms with Crippen LogP contribution in [0.1, 0.15) is 96.8 Å². The maximum Gasteiger partial charge on any atom is 0.313 e. The number of carboxylic acid groups (broad SMARTS) is 1. The average molecular weight is 573 g/mol. The van der Waals surface area contributed by atoms with Crippen LogP contribution in [0.15, 0.2) is 30.6 Å². The van der Waals surface area contributed by atoms with Crippen molar-refractivity contribution in [2.45, 2.75) is 115 Å². The van der Waals surface area contributed by atoms with Gasteiger partial charge in [0.15, 0.2) is 8.68 Å². The van der Waals surface area contributed by atoms with Crippen LogP contribution in [0.2, 0.25) is 0 Å². The lowest BCUT2D eigenvalue weighted by Crippen LogP contribution is -1.96. The van der Waals surface area contributed by atoms with Gasteiger partial charge in [0.2, 0.25) is 0 Å². The number of carbonyl (C=O) groups is 1. The lowest BCUT2D eigenvalue weighted by molar-refractivity contribution is -0.133. The van der Waals surface area contributed by atoms with Gasteiger partial charge in [0, 0.05) is 0 Å². The third kappa shape index (κ3) is 13.4. The zero-order chi connectivity index (χ0) is 26.0. The average Bonchev–Trinajstić information content (AvgIpc) is 3.30. The molecule has 6 nitrogen and oxygen atoms in total. The highest BCUT2D eigenvalue weighted by Crippen LogP contribution is 2.43. The maximum atomic E-state index is 10.7. The van der Waals surface area contributed by atoms with Crippen molar-refractivity contribution in [1.82, 2.24) is 10.2 Å². The lowest BCUT2D eigenvalue weighted by atomic mass is 10.0. The summed E-state index contributed by atoms with van der Waals surface area (Å²) in [4.78, 5) is 11.9. The minimum atomic E-state index is -0.908. The van der Waals surface area contributed by atoms with E-state index < -0.39 is 5.97 Å². The smallest absolute Gasteiger partial charge is 0.313 e. The summed E-state index contributed by atoms with van der Waals surface area (Å²) in [6, 6.07) is 3.16. The molecule has 0 radical (unpaired) electrons. The Labute approximate surface area is 232 Å². The first-order chi connectivity index (χ1) is 17.5. The number of aromatic nitrogens is 2. The number of hydrogen-bond donors (Lipinski definition) is 3. The first-order valence-corrected chi connectivity index (χ1v) is 16.6. The van der Waals surface area contributed by atoms with Crippen LogP contribution in [0.5, 0.6) is 11.5 Å². The second-order valence-corrected chi connectivity index (χ2v) is 13.5. The number of aliphatic carboxylic acids is 1. The summed E-state index contributed by atoms with van der Waals surface area (Å²) in [5.74, 6) is 0.176. The number of phenols is 2. The molecule has 2 rings (SSSR count). The third-order valence-corrected chi connectivity index (χ3v) is 9.97. The Hall–Kier alpha value is -1.10. The summed E-state index contributed by atoms with van der Waals surface area (Å²) in [6.45, 7) is 2.27. The van der Waals surface area contributed by atoms with Gasteiger partial charge in [0.25, 0.3) is 0 Å². The van der Waals surface area contributed by atoms with Crippen molar-refractivity contribution in [1.29, 1.82) is 0 Å². The minimum Gasteiger partial charge on any atom is -0.507 e. The van der Waals surface area contributed by atoms with Crippen molar-refractivity contribution in [3.05, 3.63) is 12.1 Å². The summed E-state index contributed by atoms with van der Waals surface area (Å²) in [5, 5.41) is 37.6. The monoisotopic (exact) mass is 572 g/mol. The number of unbranched alkanes of at least 4 members (excludes halogenated alkanes) is 13. The predicted octanol–water partition coefficient (Wildman–Crippen LogP) is 8.85. The van der Waals surface area contributed by atoms with Gasteiger partial charge < -0.3 is 15.3 Å². The molecule has 0 aliphatic rings. The van der Waals surface area contributed by atoms with Crippen molar-refractivity contribution in [3.63, 3.8) is 0 Å². The molecule has 0 aliphatic heterocycles. The second kappa shape index (κ2) is 19.0. The SMILES string of the molecule is CCCCCCCCCCCCCCCCSc1cc(O)c(Sc2nnc(SCC(=O)O)s2)cc1O. The molecule has 0 fully saturated rings. The van der Waals surface area contributed by atoms with Gasteiger partial charge in [0.05, 0.1) is 15.5 Å². The summed E-state index contributed by atoms with van der Waals surface area (Å²) in [7, 11) is 0. The largest absolute Gasteiger partial charge is 0.507 e. The number of thioether (sulfide) groups is 2. The number of aromatic hydroxyl groups is 2. The van der Waals surface area contributed by atoms with Crippen LogP contribution in [0.3, 0.4) is 0 Å². The fourth-order valence-electron chi connectivity index (χ4n) is 3.73. The number of nitrogens with zero attached hydrogens (tertiary/aromatic N) is 2. The van der Waals surface area contributed by atoms with Crippen LogP contribution in [-0.2, 0) is 4.79 Å². The molecule has 0 unspecified atom stereocenters. The minimum absolute atomic E-state index is 0.0729. The van der Waals surface area contributed by atoms with Crippen LogP contribution in [-0.4, -0.2) is 43.0 Å². The van der Waals surface area contributed by atoms with Gasteiger partial charge in [-0.05, 0) is 24.3 Å². The molecule has 0 aliphatic carbocycles. The van der Waals surface area contributed by atoms with Crippen LogP contribution < -0.4 is 0 Å². The Morgan fingerprint density at radius 3 is 1.83 bits per heavy atom. The van der Waals surface area contributed by atoms with E-state index in [4.69, 9.17) is 5.11 Å². The number of benzene rings is 1. The van der Waals surface area contributed by atoms with E-state index in [0.29, 0.717) is 18.5 Å². The molecule has 2 aromatic rings. The van der Waals surface area contributed by atoms with Gasteiger partial charge in [-0.15, -0.1) is 22.0 Å². The molecule has 10 heteroatoms. The molecule has 202 valence electrons. The van der Waals surface area contributed by atoms with Gasteiger partial charge in [-0.1, -0.05) is 125 Å². The number of phenolic OH excluding ortho intramolecular Hbond substituents is 2. The predicted molar refractivity (Wildman–Crippen MR) is 153 cm³/mol. The summed E-state index contributed by atoms with van der Waals surface area (Å²) < 4.78 is 1.14. The quantitative estimate of drug-likeness (QED) is 0.0768. The van der Waals surface area contributed by atoms with Crippen LogP contribution >= 0.6 is 46.6 Å². The van der Waals surface area contributed by atoms with Crippen molar-refractivity contribution >= 4 is 52.6 Å². The first-order valence-electron chi connectivity index (χ1n) is 13.0. The van der Waals surface area contributed by atoms with Crippen molar-refractivity contribution in [3.8, 4) is 11.5 Å². The molecular formula is C26H40N2O4S4. The fourth-order valence-corrected chi connectivity index (χ4v) is 7.44. The van der Waals surface area contributed by atoms with E-state index in [0.717, 1.165) is 23.9 Å². The molecule has 0 saturated carbocycles. The van der Waals surface area contributed by atoms with E-state index in [1.807, 2.05) is 0 Å². The highest BCUT2D eigenvalue weighted by molar-refractivity contribution is 8.03. The number of rotatable bonds is 21. The Balaban J connectivity index is 1.56. The topological polar surface area (TPSA) is 104 Å². The third-order valence-electron chi connectivity index (χ3n) is 5.70. The fraction of sp³-hybridized carbons (Fsp3) is 0.654. The van der Waals surface area contributed by atoms with Gasteiger partial charge in [-0.3, -0.25) is 4.79 Å². The van der Waals surface area contributed by atoms with E-state index in [9.17, 15) is 15.0 Å². The number of carboxylic acids is 1. The molecule has 1 heterocycles. The molecular weight excluding hydrogens is 533 g/mol. The van der Waals surface area contributed by atoms with E-state index in [-0.39, 0.29) is 17.3 Å². The Kier molecular flexibility index (Phi) is 16.5. The van der Waals surface area contributed by atoms with Crippen LogP contribution in [0, 0.1) is 0 Å². The molecule has 1 aromatic carbocycles. The van der Waals surface area contributed by atoms with E-state index in [2.05, 4.69) is 17.1 Å². The maximum absolute atomic E-state index is 10.7. The van der Waals surface area contributed by atoms with Gasteiger partial charge >= 0.3 is 5.97 Å². The molecule has 0 atom stereocenters. The van der Waals surface area contributed by atoms with Crippen molar-refractivity contribution in [2.75, 3.05) is 11.5 Å². The lowest BCUT2D eigenvalue weighted by Gasteiger charge is -2.08. The number of hydrogen-bond acceptors (Lipinski definition) is 9. The zero-order valence-corrected chi connectivity index (χ0v) is 24.5. The molecule has 0 amide bonds. The van der Waals surface area contributed by atoms with E-state index in [1.54, 1.807) is 23.9 Å². The molecule has 36 heavy (non-hydrogen) atoms. The Morgan fingerprint density at radius 1 is 0.750 bits per heavy atom. The molecule has 0 spiro atoms. The normalized spacial score (nSPS) is 11.2. The molecule has 3 N–H and O–H groups in total. The zero-order valence-electron chi connectivity index (χ0n) is 21.2. The van der Waals surface area contributed by atoms with Gasteiger partial charge in [-0.2, -0.15) is 0 Å². The summed E-state index contributed by atoms with van der Waals surface area (Å²) in [5.41, 5.74) is 0. The second-order valence-electron chi connectivity index (χ2n) is 8.85. The summed E-state index contributed by atoms with van der Waals surface area (Å²) >= 11 is 5.15. The van der Waals surface area contributed by atoms with E-state index in [1.165, 1.54) is 107 Å². The van der Waals surface area contributed by atoms with E-state index >= 15 is 0 Å². The van der Waals surface area contributed by atoms with Crippen LogP contribution in [0.4, 0.5) is 0 Å². The highest BCUT2D eigenvalue weighted by atomic mass is 32.2. The molecule has 1 aromatic heterocycles. The van der Waals surface area contributed by atoms with Crippen molar-refractivity contribution in [2.24, 2.45) is 0 Å². The molecule has 0 bridgehead atoms. The van der Waals surface area contributed by atoms with Gasteiger partial charge in [0.1, 0.15) is 11.5 Å². The first kappa shape index (κ1) is 31.1.